The van der Waals surface area contributed by atoms with Gasteiger partial charge in [-0.25, -0.2) is 9.59 Å². The van der Waals surface area contributed by atoms with Crippen LogP contribution in [0.4, 0.5) is 11.4 Å². The lowest BCUT2D eigenvalue weighted by Gasteiger charge is -2.36. The largest absolute Gasteiger partial charge is 0.466 e. The van der Waals surface area contributed by atoms with E-state index in [1.807, 2.05) is 6.07 Å². The summed E-state index contributed by atoms with van der Waals surface area (Å²) in [6.07, 6.45) is 0. The van der Waals surface area contributed by atoms with Crippen LogP contribution in [0.3, 0.4) is 0 Å². The van der Waals surface area contributed by atoms with Crippen LogP contribution in [-0.2, 0) is 24.4 Å². The molecule has 0 spiro atoms. The number of anilines is 1. The molecule has 10 nitrogen and oxygen atoms in total. The Labute approximate surface area is 203 Å². The summed E-state index contributed by atoms with van der Waals surface area (Å²) in [5.74, 6) is -3.03. The number of rotatable bonds is 6. The number of nitriles is 1. The van der Waals surface area contributed by atoms with Gasteiger partial charge < -0.3 is 15.2 Å². The SMILES string of the molecule is COC(=O)C1=C(C(=O)OC)N(c2cccc([N+](=O)[O-])c2CBr)C(N)=C(C#N)C1c1ccccc1. The number of nitrogens with zero attached hydrogens (tertiary/aromatic N) is 3. The maximum absolute atomic E-state index is 13.1. The number of carbonyl (C=O) groups is 2. The number of carbonyl (C=O) groups excluding carboxylic acids is 2. The van der Waals surface area contributed by atoms with Gasteiger partial charge in [-0.2, -0.15) is 5.26 Å². The van der Waals surface area contributed by atoms with E-state index in [4.69, 9.17) is 15.2 Å². The van der Waals surface area contributed by atoms with Crippen LogP contribution in [0.15, 0.2) is 71.2 Å². The quantitative estimate of drug-likeness (QED) is 0.258. The van der Waals surface area contributed by atoms with Crippen molar-refractivity contribution in [3.8, 4) is 6.07 Å². The predicted molar refractivity (Wildman–Crippen MR) is 125 cm³/mol. The Morgan fingerprint density at radius 3 is 2.32 bits per heavy atom. The second-order valence-electron chi connectivity index (χ2n) is 7.00. The average Bonchev–Trinajstić information content (AvgIpc) is 2.86. The van der Waals surface area contributed by atoms with Gasteiger partial charge in [0.25, 0.3) is 5.69 Å². The molecule has 3 rings (SSSR count). The number of esters is 2. The third kappa shape index (κ3) is 4.11. The standard InChI is InChI=1S/C23H19BrN4O6/c1-33-22(29)19-18(13-7-4-3-5-8-13)15(12-25)21(26)27(20(19)23(30)34-2)16-9-6-10-17(28(31)32)14(16)11-24/h3-10,18H,11,26H2,1-2H3. The van der Waals surface area contributed by atoms with Crippen molar-refractivity contribution in [1.82, 2.24) is 0 Å². The Kier molecular flexibility index (Phi) is 7.33. The molecule has 2 aromatic rings. The Morgan fingerprint density at radius 2 is 1.79 bits per heavy atom. The number of ether oxygens (including phenoxy) is 2. The molecule has 11 heteroatoms. The molecule has 0 saturated carbocycles. The van der Waals surface area contributed by atoms with Crippen LogP contribution in [0.1, 0.15) is 17.0 Å². The molecule has 0 amide bonds. The van der Waals surface area contributed by atoms with E-state index in [0.717, 1.165) is 19.1 Å². The molecule has 0 fully saturated rings. The van der Waals surface area contributed by atoms with Gasteiger partial charge in [-0.15, -0.1) is 0 Å². The number of alkyl halides is 1. The molecule has 1 atom stereocenters. The monoisotopic (exact) mass is 526 g/mol. The van der Waals surface area contributed by atoms with Gasteiger partial charge in [-0.3, -0.25) is 15.0 Å². The number of halogens is 1. The topological polar surface area (TPSA) is 149 Å². The molecule has 0 radical (unpaired) electrons. The molecule has 0 saturated heterocycles. The summed E-state index contributed by atoms with van der Waals surface area (Å²) in [6, 6.07) is 14.8. The molecule has 2 aromatic carbocycles. The van der Waals surface area contributed by atoms with Gasteiger partial charge in [0.15, 0.2) is 0 Å². The van der Waals surface area contributed by atoms with E-state index in [1.54, 1.807) is 30.3 Å². The van der Waals surface area contributed by atoms with Crippen LogP contribution in [0.2, 0.25) is 0 Å². The Morgan fingerprint density at radius 1 is 1.15 bits per heavy atom. The molecule has 174 valence electrons. The van der Waals surface area contributed by atoms with Crippen molar-refractivity contribution in [2.45, 2.75) is 11.2 Å². The fraction of sp³-hybridized carbons (Fsp3) is 0.174. The number of nitro groups is 1. The van der Waals surface area contributed by atoms with E-state index in [9.17, 15) is 25.0 Å². The lowest BCUT2D eigenvalue weighted by molar-refractivity contribution is -0.385. The van der Waals surface area contributed by atoms with Crippen molar-refractivity contribution in [1.29, 1.82) is 5.26 Å². The van der Waals surface area contributed by atoms with Gasteiger partial charge in [0.1, 0.15) is 11.5 Å². The summed E-state index contributed by atoms with van der Waals surface area (Å²) in [5.41, 5.74) is 6.50. The zero-order chi connectivity index (χ0) is 25.0. The highest BCUT2D eigenvalue weighted by Gasteiger charge is 2.43. The van der Waals surface area contributed by atoms with Gasteiger partial charge >= 0.3 is 11.9 Å². The van der Waals surface area contributed by atoms with Crippen LogP contribution in [0.25, 0.3) is 0 Å². The van der Waals surface area contributed by atoms with Gasteiger partial charge in [0, 0.05) is 11.4 Å². The van der Waals surface area contributed by atoms with E-state index in [1.165, 1.54) is 18.2 Å². The molecule has 0 aromatic heterocycles. The van der Waals surface area contributed by atoms with Crippen molar-refractivity contribution < 1.29 is 24.0 Å². The summed E-state index contributed by atoms with van der Waals surface area (Å²) in [6.45, 7) is 0. The number of nitro benzene ring substituents is 1. The van der Waals surface area contributed by atoms with Crippen molar-refractivity contribution in [3.05, 3.63) is 92.4 Å². The minimum absolute atomic E-state index is 0.0231. The van der Waals surface area contributed by atoms with Crippen LogP contribution in [-0.4, -0.2) is 31.1 Å². The molecular formula is C23H19BrN4O6. The first-order valence-electron chi connectivity index (χ1n) is 9.80. The lowest BCUT2D eigenvalue weighted by Crippen LogP contribution is -2.41. The highest BCUT2D eigenvalue weighted by atomic mass is 79.9. The Balaban J connectivity index is 2.48. The number of benzene rings is 2. The van der Waals surface area contributed by atoms with Crippen molar-refractivity contribution in [3.63, 3.8) is 0 Å². The number of allylic oxidation sites excluding steroid dienone is 1. The third-order valence-electron chi connectivity index (χ3n) is 5.31. The maximum Gasteiger partial charge on any atom is 0.355 e. The summed E-state index contributed by atoms with van der Waals surface area (Å²) in [4.78, 5) is 38.3. The second-order valence-corrected chi connectivity index (χ2v) is 7.56. The van der Waals surface area contributed by atoms with Crippen molar-refractivity contribution in [2.24, 2.45) is 5.73 Å². The maximum atomic E-state index is 13.1. The molecule has 0 aliphatic carbocycles. The first-order valence-corrected chi connectivity index (χ1v) is 10.9. The van der Waals surface area contributed by atoms with Crippen LogP contribution < -0.4 is 10.6 Å². The number of methoxy groups -OCH3 is 2. The molecule has 0 bridgehead atoms. The molecule has 1 aliphatic heterocycles. The average molecular weight is 527 g/mol. The molecule has 1 heterocycles. The number of nitrogens with two attached hydrogens (primary N) is 1. The minimum atomic E-state index is -1.03. The number of hydrogen-bond donors (Lipinski definition) is 1. The molecule has 2 N–H and O–H groups in total. The van der Waals surface area contributed by atoms with Gasteiger partial charge in [-0.05, 0) is 11.6 Å². The summed E-state index contributed by atoms with van der Waals surface area (Å²) >= 11 is 3.25. The third-order valence-corrected chi connectivity index (χ3v) is 5.87. The van der Waals surface area contributed by atoms with Crippen LogP contribution in [0.5, 0.6) is 0 Å². The van der Waals surface area contributed by atoms with E-state index < -0.39 is 22.8 Å². The van der Waals surface area contributed by atoms with E-state index in [0.29, 0.717) is 5.56 Å². The molecular weight excluding hydrogens is 508 g/mol. The molecule has 1 aliphatic rings. The number of hydrogen-bond acceptors (Lipinski definition) is 9. The summed E-state index contributed by atoms with van der Waals surface area (Å²) < 4.78 is 9.94. The first kappa shape index (κ1) is 24.5. The fourth-order valence-electron chi connectivity index (χ4n) is 3.84. The Hall–Kier alpha value is -4.17. The summed E-state index contributed by atoms with van der Waals surface area (Å²) in [7, 11) is 2.26. The lowest BCUT2D eigenvalue weighted by atomic mass is 9.80. The van der Waals surface area contributed by atoms with Crippen LogP contribution >= 0.6 is 15.9 Å². The summed E-state index contributed by atoms with van der Waals surface area (Å²) in [5, 5.41) is 21.7. The van der Waals surface area contributed by atoms with Gasteiger partial charge in [0.05, 0.1) is 53.5 Å². The van der Waals surface area contributed by atoms with Crippen LogP contribution in [0, 0.1) is 21.4 Å². The minimum Gasteiger partial charge on any atom is -0.466 e. The zero-order valence-corrected chi connectivity index (χ0v) is 19.7. The molecule has 34 heavy (non-hydrogen) atoms. The van der Waals surface area contributed by atoms with Gasteiger partial charge in [0.2, 0.25) is 0 Å². The highest BCUT2D eigenvalue weighted by molar-refractivity contribution is 9.08. The second kappa shape index (κ2) is 10.2. The van der Waals surface area contributed by atoms with E-state index >= 15 is 0 Å². The van der Waals surface area contributed by atoms with E-state index in [-0.39, 0.29) is 44.9 Å². The Bertz CT molecular complexity index is 1270. The predicted octanol–water partition coefficient (Wildman–Crippen LogP) is 3.39. The van der Waals surface area contributed by atoms with Crippen molar-refractivity contribution >= 4 is 39.2 Å². The first-order chi connectivity index (χ1) is 16.3. The van der Waals surface area contributed by atoms with Crippen molar-refractivity contribution in [2.75, 3.05) is 19.1 Å². The smallest absolute Gasteiger partial charge is 0.355 e. The highest BCUT2D eigenvalue weighted by Crippen LogP contribution is 2.45. The van der Waals surface area contributed by atoms with E-state index in [2.05, 4.69) is 15.9 Å². The zero-order valence-electron chi connectivity index (χ0n) is 18.1. The van der Waals surface area contributed by atoms with Gasteiger partial charge in [-0.1, -0.05) is 52.3 Å². The normalized spacial score (nSPS) is 15.6. The fourth-order valence-corrected chi connectivity index (χ4v) is 4.42. The molecule has 1 unspecified atom stereocenters.